The quantitative estimate of drug-likeness (QED) is 0.749. The molecule has 0 amide bonds. The van der Waals surface area contributed by atoms with Crippen LogP contribution in [0.25, 0.3) is 0 Å². The van der Waals surface area contributed by atoms with Crippen LogP contribution in [0.1, 0.15) is 57.0 Å². The van der Waals surface area contributed by atoms with E-state index in [9.17, 15) is 8.78 Å². The van der Waals surface area contributed by atoms with Crippen molar-refractivity contribution in [1.29, 1.82) is 0 Å². The number of aryl methyl sites for hydroxylation is 1. The van der Waals surface area contributed by atoms with E-state index in [2.05, 4.69) is 10.2 Å². The van der Waals surface area contributed by atoms with Gasteiger partial charge < -0.3 is 0 Å². The summed E-state index contributed by atoms with van der Waals surface area (Å²) in [5, 5.41) is 7.53. The first-order valence-corrected chi connectivity index (χ1v) is 5.14. The maximum absolute atomic E-state index is 12.5. The zero-order valence-electron chi connectivity index (χ0n) is 9.88. The summed E-state index contributed by atoms with van der Waals surface area (Å²) in [5.74, 6) is -0.0166. The van der Waals surface area contributed by atoms with Gasteiger partial charge in [-0.1, -0.05) is 27.7 Å². The average molecular weight is 216 g/mol. The van der Waals surface area contributed by atoms with Crippen LogP contribution < -0.4 is 0 Å². The number of halogens is 2. The van der Waals surface area contributed by atoms with Crippen LogP contribution in [0.2, 0.25) is 0 Å². The molecule has 0 aromatic carbocycles. The highest BCUT2D eigenvalue weighted by Crippen LogP contribution is 2.26. The van der Waals surface area contributed by atoms with Crippen LogP contribution in [-0.4, -0.2) is 10.2 Å². The molecule has 0 radical (unpaired) electrons. The van der Waals surface area contributed by atoms with E-state index in [4.69, 9.17) is 0 Å². The van der Waals surface area contributed by atoms with Crippen LogP contribution in [0.4, 0.5) is 8.78 Å². The van der Waals surface area contributed by atoms with Gasteiger partial charge in [0.2, 0.25) is 0 Å². The summed E-state index contributed by atoms with van der Waals surface area (Å²) < 4.78 is 25.0. The zero-order valence-corrected chi connectivity index (χ0v) is 9.88. The third-order valence-electron chi connectivity index (χ3n) is 1.76. The Labute approximate surface area is 89.7 Å². The average Bonchev–Trinajstić information content (AvgIpc) is 2.20. The lowest BCUT2D eigenvalue weighted by atomic mass is 10.0. The van der Waals surface area contributed by atoms with Crippen LogP contribution in [0.15, 0.2) is 6.07 Å². The normalized spacial score (nSPS) is 10.2. The van der Waals surface area contributed by atoms with Crippen molar-refractivity contribution in [3.8, 4) is 0 Å². The van der Waals surface area contributed by atoms with Gasteiger partial charge in [0.1, 0.15) is 0 Å². The highest BCUT2D eigenvalue weighted by Gasteiger charge is 2.17. The summed E-state index contributed by atoms with van der Waals surface area (Å²) in [6.07, 6.45) is -2.47. The third kappa shape index (κ3) is 3.90. The third-order valence-corrected chi connectivity index (χ3v) is 1.76. The van der Waals surface area contributed by atoms with E-state index in [1.807, 2.05) is 27.7 Å². The Morgan fingerprint density at radius 3 is 2.07 bits per heavy atom. The molecule has 0 N–H and O–H groups in total. The number of hydrogen-bond acceptors (Lipinski definition) is 2. The van der Waals surface area contributed by atoms with Crippen LogP contribution in [0.5, 0.6) is 0 Å². The molecule has 0 bridgehead atoms. The largest absolute Gasteiger partial charge is 0.265 e. The minimum atomic E-state index is -2.47. The molecule has 0 saturated heterocycles. The van der Waals surface area contributed by atoms with Crippen molar-refractivity contribution in [2.75, 3.05) is 0 Å². The molecule has 86 valence electrons. The molecule has 1 heterocycles. The highest BCUT2D eigenvalue weighted by molar-refractivity contribution is 5.24. The van der Waals surface area contributed by atoms with Crippen LogP contribution >= 0.6 is 0 Å². The van der Waals surface area contributed by atoms with E-state index in [1.165, 1.54) is 6.07 Å². The van der Waals surface area contributed by atoms with Gasteiger partial charge in [-0.25, -0.2) is 8.78 Å². The van der Waals surface area contributed by atoms with E-state index < -0.39 is 6.43 Å². The van der Waals surface area contributed by atoms with E-state index in [1.54, 1.807) is 6.92 Å². The summed E-state index contributed by atoms with van der Waals surface area (Å²) in [7, 11) is 0. The van der Waals surface area contributed by atoms with Gasteiger partial charge in [0.15, 0.2) is 0 Å². The molecule has 0 aliphatic rings. The molecule has 1 aromatic heterocycles. The van der Waals surface area contributed by atoms with Crippen molar-refractivity contribution in [3.63, 3.8) is 0 Å². The first-order chi connectivity index (χ1) is 7.02. The second kappa shape index (κ2) is 6.43. The van der Waals surface area contributed by atoms with Gasteiger partial charge in [-0.05, 0) is 18.9 Å². The van der Waals surface area contributed by atoms with Crippen LogP contribution in [-0.2, 0) is 0 Å². The molecule has 0 unspecified atom stereocenters. The smallest absolute Gasteiger partial charge is 0.205 e. The lowest BCUT2D eigenvalue weighted by molar-refractivity contribution is 0.149. The molecular formula is C11H18F2N2. The Morgan fingerprint density at radius 2 is 1.67 bits per heavy atom. The van der Waals surface area contributed by atoms with E-state index in [-0.39, 0.29) is 11.5 Å². The molecule has 0 atom stereocenters. The fraction of sp³-hybridized carbons (Fsp3) is 0.636. The van der Waals surface area contributed by atoms with Crippen molar-refractivity contribution < 1.29 is 8.78 Å². The molecular weight excluding hydrogens is 198 g/mol. The molecule has 4 heteroatoms. The Morgan fingerprint density at radius 1 is 1.13 bits per heavy atom. The first-order valence-electron chi connectivity index (χ1n) is 5.14. The maximum Gasteiger partial charge on any atom is 0.265 e. The maximum atomic E-state index is 12.5. The fourth-order valence-corrected chi connectivity index (χ4v) is 1.14. The summed E-state index contributed by atoms with van der Waals surface area (Å²) in [4.78, 5) is 0. The zero-order chi connectivity index (χ0) is 12.0. The van der Waals surface area contributed by atoms with E-state index >= 15 is 0 Å². The molecule has 0 saturated carbocycles. The molecule has 0 fully saturated rings. The van der Waals surface area contributed by atoms with Crippen molar-refractivity contribution in [3.05, 3.63) is 23.0 Å². The van der Waals surface area contributed by atoms with Crippen LogP contribution in [0, 0.1) is 6.92 Å². The topological polar surface area (TPSA) is 25.8 Å². The molecule has 1 aromatic rings. The van der Waals surface area contributed by atoms with Crippen molar-refractivity contribution >= 4 is 0 Å². The number of hydrogen-bond donors (Lipinski definition) is 0. The minimum Gasteiger partial charge on any atom is -0.205 e. The molecule has 0 spiro atoms. The summed E-state index contributed by atoms with van der Waals surface area (Å²) in [6, 6.07) is 1.40. The number of rotatable bonds is 2. The number of nitrogens with zero attached hydrogens (tertiary/aromatic N) is 2. The monoisotopic (exact) mass is 216 g/mol. The highest BCUT2D eigenvalue weighted by atomic mass is 19.3. The molecule has 0 aliphatic heterocycles. The van der Waals surface area contributed by atoms with E-state index in [0.717, 1.165) is 0 Å². The molecule has 15 heavy (non-hydrogen) atoms. The Kier molecular flexibility index (Phi) is 5.97. The van der Waals surface area contributed by atoms with E-state index in [0.29, 0.717) is 11.4 Å². The lowest BCUT2D eigenvalue weighted by Crippen LogP contribution is -2.03. The summed E-state index contributed by atoms with van der Waals surface area (Å²) >= 11 is 0. The van der Waals surface area contributed by atoms with Gasteiger partial charge in [-0.3, -0.25) is 0 Å². The molecule has 1 rings (SSSR count). The van der Waals surface area contributed by atoms with Crippen LogP contribution in [0.3, 0.4) is 0 Å². The summed E-state index contributed by atoms with van der Waals surface area (Å²) in [6.45, 7) is 9.30. The van der Waals surface area contributed by atoms with Crippen molar-refractivity contribution in [2.45, 2.75) is 47.0 Å². The molecule has 0 aliphatic carbocycles. The number of aromatic nitrogens is 2. The molecule has 2 nitrogen and oxygen atoms in total. The first kappa shape index (κ1) is 13.9. The SMILES string of the molecule is CC.Cc1cc(C(F)F)c(C(C)C)nn1. The van der Waals surface area contributed by atoms with Crippen molar-refractivity contribution in [2.24, 2.45) is 0 Å². The second-order valence-corrected chi connectivity index (χ2v) is 3.28. The van der Waals surface area contributed by atoms with Gasteiger partial charge in [0.25, 0.3) is 6.43 Å². The predicted octanol–water partition coefficient (Wildman–Crippen LogP) is 3.87. The Hall–Kier alpha value is -1.06. The second-order valence-electron chi connectivity index (χ2n) is 3.28. The Balaban J connectivity index is 0.000000921. The standard InChI is InChI=1S/C9H12F2N2.C2H6/c1-5(2)8-7(9(10)11)4-6(3)12-13-8;1-2/h4-5,9H,1-3H3;1-2H3. The fourth-order valence-electron chi connectivity index (χ4n) is 1.14. The van der Waals surface area contributed by atoms with Gasteiger partial charge >= 0.3 is 0 Å². The predicted molar refractivity (Wildman–Crippen MR) is 57.2 cm³/mol. The summed E-state index contributed by atoms with van der Waals surface area (Å²) in [5.41, 5.74) is 0.919. The lowest BCUT2D eigenvalue weighted by Gasteiger charge is -2.09. The van der Waals surface area contributed by atoms with Gasteiger partial charge in [0, 0.05) is 5.56 Å². The van der Waals surface area contributed by atoms with Gasteiger partial charge in [0.05, 0.1) is 11.4 Å². The van der Waals surface area contributed by atoms with Gasteiger partial charge in [-0.2, -0.15) is 10.2 Å². The van der Waals surface area contributed by atoms with Crippen molar-refractivity contribution in [1.82, 2.24) is 10.2 Å². The van der Waals surface area contributed by atoms with Gasteiger partial charge in [-0.15, -0.1) is 0 Å². The Bertz CT molecular complexity index is 299. The minimum absolute atomic E-state index is 0.00231. The number of alkyl halides is 2.